The molecular formula is C8H11BN. The third-order valence-corrected chi connectivity index (χ3v) is 1.33. The normalized spacial score (nSPS) is 11.8. The van der Waals surface area contributed by atoms with E-state index in [-0.39, 0.29) is 14.5 Å². The van der Waals surface area contributed by atoms with Gasteiger partial charge in [0.15, 0.2) is 0 Å². The minimum Gasteiger partial charge on any atom is -0.324 e. The molecule has 2 N–H and O–H groups in total. The number of nitrogens with two attached hydrogens (primary N) is 1. The molecule has 0 saturated heterocycles. The van der Waals surface area contributed by atoms with E-state index in [9.17, 15) is 0 Å². The molecule has 1 aromatic carbocycles. The summed E-state index contributed by atoms with van der Waals surface area (Å²) in [5.74, 6) is 0. The minimum atomic E-state index is 0. The first-order valence-electron chi connectivity index (χ1n) is 3.11. The summed E-state index contributed by atoms with van der Waals surface area (Å²) in [6, 6.07) is 10.2. The SMILES string of the molecule is CC(N)c1ccccc1.[B]. The van der Waals surface area contributed by atoms with Crippen molar-refractivity contribution < 1.29 is 0 Å². The average Bonchev–Trinajstić information content (AvgIpc) is 1.90. The minimum absolute atomic E-state index is 0. The van der Waals surface area contributed by atoms with E-state index >= 15 is 0 Å². The summed E-state index contributed by atoms with van der Waals surface area (Å²) in [5, 5.41) is 0. The van der Waals surface area contributed by atoms with Crippen LogP contribution in [0.3, 0.4) is 0 Å². The zero-order valence-corrected chi connectivity index (χ0v) is 6.12. The van der Waals surface area contributed by atoms with Crippen LogP contribution in [0.5, 0.6) is 0 Å². The summed E-state index contributed by atoms with van der Waals surface area (Å²) < 4.78 is 0. The Morgan fingerprint density at radius 1 is 1.20 bits per heavy atom. The lowest BCUT2D eigenvalue weighted by Gasteiger charge is -2.02. The summed E-state index contributed by atoms with van der Waals surface area (Å²) in [4.78, 5) is 0. The van der Waals surface area contributed by atoms with Crippen molar-refractivity contribution in [2.45, 2.75) is 13.0 Å². The van der Waals surface area contributed by atoms with Crippen LogP contribution in [-0.2, 0) is 0 Å². The smallest absolute Gasteiger partial charge is 0.0266 e. The van der Waals surface area contributed by atoms with Gasteiger partial charge in [-0.1, -0.05) is 30.3 Å². The highest BCUT2D eigenvalue weighted by molar-refractivity contribution is 5.75. The summed E-state index contributed by atoms with van der Waals surface area (Å²) >= 11 is 0. The first-order chi connectivity index (χ1) is 4.30. The van der Waals surface area contributed by atoms with Gasteiger partial charge in [-0.05, 0) is 12.5 Å². The van der Waals surface area contributed by atoms with Crippen molar-refractivity contribution in [1.29, 1.82) is 0 Å². The lowest BCUT2D eigenvalue weighted by atomic mass is 10.1. The first kappa shape index (κ1) is 9.24. The average molecular weight is 132 g/mol. The maximum absolute atomic E-state index is 5.61. The van der Waals surface area contributed by atoms with Crippen LogP contribution in [0, 0.1) is 0 Å². The molecule has 1 unspecified atom stereocenters. The number of hydrogen-bond acceptors (Lipinski definition) is 1. The van der Waals surface area contributed by atoms with Crippen LogP contribution in [0.1, 0.15) is 18.5 Å². The molecule has 0 aliphatic rings. The molecule has 2 heteroatoms. The Labute approximate surface area is 63.8 Å². The van der Waals surface area contributed by atoms with Crippen LogP contribution in [-0.4, -0.2) is 8.41 Å². The third-order valence-electron chi connectivity index (χ3n) is 1.33. The molecule has 0 bridgehead atoms. The third kappa shape index (κ3) is 2.23. The Bertz CT molecular complexity index is 172. The first-order valence-corrected chi connectivity index (χ1v) is 3.11. The maximum Gasteiger partial charge on any atom is 0.0266 e. The van der Waals surface area contributed by atoms with Crippen molar-refractivity contribution in [1.82, 2.24) is 0 Å². The van der Waals surface area contributed by atoms with E-state index < -0.39 is 0 Å². The second kappa shape index (κ2) is 4.12. The van der Waals surface area contributed by atoms with Gasteiger partial charge in [0.25, 0.3) is 0 Å². The summed E-state index contributed by atoms with van der Waals surface area (Å²) in [7, 11) is 0. The van der Waals surface area contributed by atoms with Crippen LogP contribution >= 0.6 is 0 Å². The molecule has 0 aliphatic heterocycles. The molecule has 3 radical (unpaired) electrons. The lowest BCUT2D eigenvalue weighted by molar-refractivity contribution is 0.818. The van der Waals surface area contributed by atoms with Crippen LogP contribution in [0.15, 0.2) is 30.3 Å². The quantitative estimate of drug-likeness (QED) is 0.573. The van der Waals surface area contributed by atoms with E-state index in [0.29, 0.717) is 0 Å². The zero-order chi connectivity index (χ0) is 6.69. The van der Waals surface area contributed by atoms with Crippen molar-refractivity contribution in [3.05, 3.63) is 35.9 Å². The molecule has 0 amide bonds. The van der Waals surface area contributed by atoms with Crippen molar-refractivity contribution in [2.24, 2.45) is 5.73 Å². The Morgan fingerprint density at radius 2 is 1.70 bits per heavy atom. The highest BCUT2D eigenvalue weighted by Crippen LogP contribution is 2.06. The molecule has 0 aromatic heterocycles. The highest BCUT2D eigenvalue weighted by Gasteiger charge is 1.93. The van der Waals surface area contributed by atoms with Crippen LogP contribution in [0.2, 0.25) is 0 Å². The van der Waals surface area contributed by atoms with E-state index in [4.69, 9.17) is 5.73 Å². The van der Waals surface area contributed by atoms with Crippen molar-refractivity contribution in [2.75, 3.05) is 0 Å². The summed E-state index contributed by atoms with van der Waals surface area (Å²) in [6.45, 7) is 1.98. The molecule has 0 spiro atoms. The maximum atomic E-state index is 5.61. The predicted molar refractivity (Wildman–Crippen MR) is 44.8 cm³/mol. The van der Waals surface area contributed by atoms with E-state index in [1.54, 1.807) is 0 Å². The van der Waals surface area contributed by atoms with Gasteiger partial charge in [-0.2, -0.15) is 0 Å². The summed E-state index contributed by atoms with van der Waals surface area (Å²) in [6.07, 6.45) is 0. The molecule has 1 rings (SSSR count). The van der Waals surface area contributed by atoms with Crippen molar-refractivity contribution in [3.8, 4) is 0 Å². The fourth-order valence-electron chi connectivity index (χ4n) is 0.757. The van der Waals surface area contributed by atoms with Gasteiger partial charge >= 0.3 is 0 Å². The molecule has 0 aliphatic carbocycles. The van der Waals surface area contributed by atoms with Gasteiger partial charge in [-0.15, -0.1) is 0 Å². The standard InChI is InChI=1S/C8H11N.B/c1-7(9)8-5-3-2-4-6-8;/h2-7H,9H2,1H3;. The monoisotopic (exact) mass is 132 g/mol. The second-order valence-electron chi connectivity index (χ2n) is 2.20. The van der Waals surface area contributed by atoms with Crippen LogP contribution < -0.4 is 5.73 Å². The molecule has 1 atom stereocenters. The van der Waals surface area contributed by atoms with Gasteiger partial charge in [0.1, 0.15) is 0 Å². The van der Waals surface area contributed by atoms with E-state index in [2.05, 4.69) is 0 Å². The summed E-state index contributed by atoms with van der Waals surface area (Å²) in [5.41, 5.74) is 6.81. The number of hydrogen-bond donors (Lipinski definition) is 1. The molecule has 1 aromatic rings. The molecule has 0 heterocycles. The van der Waals surface area contributed by atoms with Gasteiger partial charge in [0, 0.05) is 14.5 Å². The van der Waals surface area contributed by atoms with E-state index in [1.807, 2.05) is 37.3 Å². The van der Waals surface area contributed by atoms with Crippen LogP contribution in [0.4, 0.5) is 0 Å². The highest BCUT2D eigenvalue weighted by atomic mass is 14.6. The molecule has 0 saturated carbocycles. The molecule has 1 nitrogen and oxygen atoms in total. The Balaban J connectivity index is 0.000000810. The fraction of sp³-hybridized carbons (Fsp3) is 0.250. The zero-order valence-electron chi connectivity index (χ0n) is 6.12. The molecule has 10 heavy (non-hydrogen) atoms. The number of benzene rings is 1. The van der Waals surface area contributed by atoms with E-state index in [0.717, 1.165) is 0 Å². The second-order valence-corrected chi connectivity index (χ2v) is 2.20. The Hall–Kier alpha value is -0.755. The van der Waals surface area contributed by atoms with Crippen molar-refractivity contribution in [3.63, 3.8) is 0 Å². The van der Waals surface area contributed by atoms with E-state index in [1.165, 1.54) is 5.56 Å². The molecule has 51 valence electrons. The Morgan fingerprint density at radius 3 is 2.00 bits per heavy atom. The fourth-order valence-corrected chi connectivity index (χ4v) is 0.757. The predicted octanol–water partition coefficient (Wildman–Crippen LogP) is 1.33. The van der Waals surface area contributed by atoms with Crippen molar-refractivity contribution >= 4 is 8.41 Å². The topological polar surface area (TPSA) is 26.0 Å². The lowest BCUT2D eigenvalue weighted by Crippen LogP contribution is -2.03. The number of rotatable bonds is 1. The van der Waals surface area contributed by atoms with Gasteiger partial charge in [-0.3, -0.25) is 0 Å². The van der Waals surface area contributed by atoms with Gasteiger partial charge in [0.05, 0.1) is 0 Å². The Kier molecular flexibility index (Phi) is 3.81. The van der Waals surface area contributed by atoms with Gasteiger partial charge in [-0.25, -0.2) is 0 Å². The largest absolute Gasteiger partial charge is 0.324 e. The van der Waals surface area contributed by atoms with Gasteiger partial charge in [0.2, 0.25) is 0 Å². The van der Waals surface area contributed by atoms with Crippen LogP contribution in [0.25, 0.3) is 0 Å². The van der Waals surface area contributed by atoms with Gasteiger partial charge < -0.3 is 5.73 Å². The molecule has 0 fully saturated rings. The molecular weight excluding hydrogens is 121 g/mol.